The highest BCUT2D eigenvalue weighted by atomic mass is 31.2. The molecule has 0 aliphatic heterocycles. The van der Waals surface area contributed by atoms with Gasteiger partial charge in [-0.05, 0) is 17.8 Å². The van der Waals surface area contributed by atoms with E-state index in [1.54, 1.807) is 0 Å². The van der Waals surface area contributed by atoms with Crippen LogP contribution < -0.4 is 0 Å². The first-order valence-electron chi connectivity index (χ1n) is 4.15. The summed E-state index contributed by atoms with van der Waals surface area (Å²) in [6.45, 7) is 8.10. The van der Waals surface area contributed by atoms with Crippen LogP contribution in [0.4, 0.5) is 0 Å². The van der Waals surface area contributed by atoms with E-state index >= 15 is 0 Å². The van der Waals surface area contributed by atoms with Gasteiger partial charge in [0, 0.05) is 0 Å². The van der Waals surface area contributed by atoms with Gasteiger partial charge in [-0.15, -0.1) is 0 Å². The maximum atomic E-state index is 10.6. The molecule has 0 heterocycles. The maximum Gasteiger partial charge on any atom is 0.325 e. The molecular formula is C8H19O3P. The summed E-state index contributed by atoms with van der Waals surface area (Å²) in [5, 5.41) is 0. The lowest BCUT2D eigenvalue weighted by Gasteiger charge is -2.23. The summed E-state index contributed by atoms with van der Waals surface area (Å²) in [6.07, 6.45) is 0.850. The Hall–Kier alpha value is 0.150. The molecule has 0 aliphatic carbocycles. The molecule has 2 N–H and O–H groups in total. The van der Waals surface area contributed by atoms with E-state index in [1.165, 1.54) is 0 Å². The van der Waals surface area contributed by atoms with Gasteiger partial charge < -0.3 is 9.79 Å². The topological polar surface area (TPSA) is 57.5 Å². The van der Waals surface area contributed by atoms with Gasteiger partial charge in [0.2, 0.25) is 0 Å². The highest BCUT2D eigenvalue weighted by Crippen LogP contribution is 2.39. The lowest BCUT2D eigenvalue weighted by Crippen LogP contribution is -2.13. The van der Waals surface area contributed by atoms with Crippen LogP contribution in [0.1, 0.15) is 34.1 Å². The molecule has 0 aliphatic rings. The van der Waals surface area contributed by atoms with E-state index in [0.29, 0.717) is 0 Å². The van der Waals surface area contributed by atoms with E-state index < -0.39 is 7.60 Å². The molecule has 12 heavy (non-hydrogen) atoms. The van der Waals surface area contributed by atoms with Crippen molar-refractivity contribution < 1.29 is 14.4 Å². The summed E-state index contributed by atoms with van der Waals surface area (Å²) in [7, 11) is -3.81. The Morgan fingerprint density at radius 3 is 2.00 bits per heavy atom. The van der Waals surface area contributed by atoms with Crippen LogP contribution in [0.15, 0.2) is 0 Å². The van der Waals surface area contributed by atoms with Crippen molar-refractivity contribution in [1.82, 2.24) is 0 Å². The Kier molecular flexibility index (Phi) is 3.95. The van der Waals surface area contributed by atoms with Gasteiger partial charge in [0.15, 0.2) is 0 Å². The smallest absolute Gasteiger partial charge is 0.324 e. The summed E-state index contributed by atoms with van der Waals surface area (Å²) in [5.41, 5.74) is 0.147. The van der Waals surface area contributed by atoms with Crippen LogP contribution in [-0.4, -0.2) is 15.9 Å². The summed E-state index contributed by atoms with van der Waals surface area (Å²) >= 11 is 0. The zero-order valence-corrected chi connectivity index (χ0v) is 9.14. The molecule has 0 bridgehead atoms. The Labute approximate surface area is 74.3 Å². The summed E-state index contributed by atoms with van der Waals surface area (Å²) < 4.78 is 10.6. The molecule has 4 heteroatoms. The first-order valence-corrected chi connectivity index (χ1v) is 5.94. The fourth-order valence-corrected chi connectivity index (χ4v) is 2.46. The number of hydrogen-bond donors (Lipinski definition) is 2. The highest BCUT2D eigenvalue weighted by Gasteiger charge is 2.22. The van der Waals surface area contributed by atoms with Crippen molar-refractivity contribution >= 4 is 7.60 Å². The van der Waals surface area contributed by atoms with Gasteiger partial charge >= 0.3 is 7.60 Å². The van der Waals surface area contributed by atoms with Crippen molar-refractivity contribution in [1.29, 1.82) is 0 Å². The Bertz CT molecular complexity index is 177. The van der Waals surface area contributed by atoms with Crippen molar-refractivity contribution in [2.75, 3.05) is 6.16 Å². The maximum absolute atomic E-state index is 10.6. The number of hydrogen-bond acceptors (Lipinski definition) is 1. The summed E-state index contributed by atoms with van der Waals surface area (Å²) in [5.74, 6) is 0.0887. The quantitative estimate of drug-likeness (QED) is 0.677. The van der Waals surface area contributed by atoms with Crippen LogP contribution in [0.3, 0.4) is 0 Å². The van der Waals surface area contributed by atoms with Gasteiger partial charge in [0.05, 0.1) is 6.16 Å². The first kappa shape index (κ1) is 12.2. The van der Waals surface area contributed by atoms with E-state index in [0.717, 1.165) is 6.42 Å². The second-order valence-electron chi connectivity index (χ2n) is 4.72. The van der Waals surface area contributed by atoms with E-state index in [-0.39, 0.29) is 17.5 Å². The first-order chi connectivity index (χ1) is 5.10. The van der Waals surface area contributed by atoms with Gasteiger partial charge in [-0.1, -0.05) is 27.7 Å². The Balaban J connectivity index is 3.91. The van der Waals surface area contributed by atoms with Crippen LogP contribution in [0.2, 0.25) is 0 Å². The van der Waals surface area contributed by atoms with E-state index in [9.17, 15) is 4.57 Å². The SMILES string of the molecule is CC(CC(C)(C)C)CP(=O)(O)O. The largest absolute Gasteiger partial charge is 0.325 e. The van der Waals surface area contributed by atoms with Crippen molar-refractivity contribution in [2.45, 2.75) is 34.1 Å². The second-order valence-corrected chi connectivity index (χ2v) is 6.41. The van der Waals surface area contributed by atoms with Crippen LogP contribution in [0.25, 0.3) is 0 Å². The highest BCUT2D eigenvalue weighted by molar-refractivity contribution is 7.51. The normalized spacial score (nSPS) is 16.2. The Morgan fingerprint density at radius 2 is 1.75 bits per heavy atom. The van der Waals surface area contributed by atoms with E-state index in [2.05, 4.69) is 20.8 Å². The predicted octanol–water partition coefficient (Wildman–Crippen LogP) is 2.24. The minimum Gasteiger partial charge on any atom is -0.324 e. The molecule has 0 rings (SSSR count). The molecule has 0 aromatic heterocycles. The van der Waals surface area contributed by atoms with Crippen molar-refractivity contribution in [3.05, 3.63) is 0 Å². The average Bonchev–Trinajstić information content (AvgIpc) is 1.49. The lowest BCUT2D eigenvalue weighted by atomic mass is 9.86. The zero-order valence-electron chi connectivity index (χ0n) is 8.24. The second kappa shape index (κ2) is 3.91. The third-order valence-corrected chi connectivity index (χ3v) is 2.61. The molecule has 0 aromatic carbocycles. The minimum absolute atomic E-state index is 0.00424. The molecule has 0 fully saturated rings. The van der Waals surface area contributed by atoms with Crippen LogP contribution >= 0.6 is 7.60 Å². The van der Waals surface area contributed by atoms with Gasteiger partial charge in [0.25, 0.3) is 0 Å². The fraction of sp³-hybridized carbons (Fsp3) is 1.00. The molecule has 0 spiro atoms. The van der Waals surface area contributed by atoms with E-state index in [4.69, 9.17) is 9.79 Å². The van der Waals surface area contributed by atoms with Crippen molar-refractivity contribution in [2.24, 2.45) is 11.3 Å². The zero-order chi connectivity index (χ0) is 9.99. The third-order valence-electron chi connectivity index (χ3n) is 1.51. The van der Waals surface area contributed by atoms with Crippen molar-refractivity contribution in [3.8, 4) is 0 Å². The molecular weight excluding hydrogens is 175 g/mol. The molecule has 0 aromatic rings. The molecule has 1 unspecified atom stereocenters. The van der Waals surface area contributed by atoms with Crippen molar-refractivity contribution in [3.63, 3.8) is 0 Å². The van der Waals surface area contributed by atoms with Gasteiger partial charge in [-0.25, -0.2) is 0 Å². The fourth-order valence-electron chi connectivity index (χ4n) is 1.52. The molecule has 0 saturated heterocycles. The molecule has 0 amide bonds. The predicted molar refractivity (Wildman–Crippen MR) is 50.1 cm³/mol. The van der Waals surface area contributed by atoms with Crippen LogP contribution in [-0.2, 0) is 4.57 Å². The van der Waals surface area contributed by atoms with Gasteiger partial charge in [-0.3, -0.25) is 4.57 Å². The summed E-state index contributed by atoms with van der Waals surface area (Å²) in [6, 6.07) is 0. The molecule has 0 saturated carbocycles. The molecule has 3 nitrogen and oxygen atoms in total. The molecule has 1 atom stereocenters. The average molecular weight is 194 g/mol. The summed E-state index contributed by atoms with van der Waals surface area (Å²) in [4.78, 5) is 17.4. The van der Waals surface area contributed by atoms with Crippen LogP contribution in [0.5, 0.6) is 0 Å². The lowest BCUT2D eigenvalue weighted by molar-refractivity contribution is 0.305. The standard InChI is InChI=1S/C8H19O3P/c1-7(5-8(2,3)4)6-12(9,10)11/h7H,5-6H2,1-4H3,(H2,9,10,11). The van der Waals surface area contributed by atoms with E-state index in [1.807, 2.05) is 6.92 Å². The van der Waals surface area contributed by atoms with Gasteiger partial charge in [0.1, 0.15) is 0 Å². The monoisotopic (exact) mass is 194 g/mol. The Morgan fingerprint density at radius 1 is 1.33 bits per heavy atom. The minimum atomic E-state index is -3.81. The third kappa shape index (κ3) is 8.25. The molecule has 0 radical (unpaired) electrons. The van der Waals surface area contributed by atoms with Gasteiger partial charge in [-0.2, -0.15) is 0 Å². The number of rotatable bonds is 3. The molecule has 74 valence electrons. The van der Waals surface area contributed by atoms with Crippen LogP contribution in [0, 0.1) is 11.3 Å².